The van der Waals surface area contributed by atoms with Crippen molar-refractivity contribution in [2.45, 2.75) is 26.8 Å². The summed E-state index contributed by atoms with van der Waals surface area (Å²) in [6.45, 7) is 5.76. The van der Waals surface area contributed by atoms with Crippen LogP contribution in [-0.4, -0.2) is 0 Å². The van der Waals surface area contributed by atoms with E-state index in [1.165, 1.54) is 12.1 Å². The molecule has 1 aromatic carbocycles. The van der Waals surface area contributed by atoms with E-state index in [-0.39, 0.29) is 11.9 Å². The first-order valence-electron chi connectivity index (χ1n) is 5.58. The zero-order chi connectivity index (χ0) is 12.6. The van der Waals surface area contributed by atoms with Crippen molar-refractivity contribution in [3.05, 3.63) is 58.3 Å². The van der Waals surface area contributed by atoms with Crippen molar-refractivity contribution in [1.82, 2.24) is 0 Å². The third kappa shape index (κ3) is 2.11. The van der Waals surface area contributed by atoms with Crippen molar-refractivity contribution >= 4 is 0 Å². The van der Waals surface area contributed by atoms with Crippen LogP contribution in [0.5, 0.6) is 0 Å². The van der Waals surface area contributed by atoms with Gasteiger partial charge in [0.1, 0.15) is 17.3 Å². The minimum atomic E-state index is -0.344. The molecule has 1 heterocycles. The SMILES string of the molecule is Cc1oc(C)c(C(N)c2cccc(F)c2)c1C. The van der Waals surface area contributed by atoms with Crippen LogP contribution < -0.4 is 5.73 Å². The van der Waals surface area contributed by atoms with Gasteiger partial charge in [-0.15, -0.1) is 0 Å². The second-order valence-corrected chi connectivity index (χ2v) is 4.29. The largest absolute Gasteiger partial charge is 0.466 e. The first-order valence-corrected chi connectivity index (χ1v) is 5.58. The summed E-state index contributed by atoms with van der Waals surface area (Å²) in [7, 11) is 0. The minimum absolute atomic E-state index is 0.270. The van der Waals surface area contributed by atoms with Crippen LogP contribution in [0.15, 0.2) is 28.7 Å². The number of halogens is 1. The standard InChI is InChI=1S/C14H16FNO/c1-8-9(2)17-10(3)13(8)14(16)11-5-4-6-12(15)7-11/h4-7,14H,16H2,1-3H3. The van der Waals surface area contributed by atoms with Crippen molar-refractivity contribution in [3.63, 3.8) is 0 Å². The molecule has 0 spiro atoms. The molecule has 0 saturated carbocycles. The molecule has 1 atom stereocenters. The van der Waals surface area contributed by atoms with Gasteiger partial charge < -0.3 is 10.2 Å². The van der Waals surface area contributed by atoms with Crippen LogP contribution in [0.25, 0.3) is 0 Å². The molecule has 2 aromatic rings. The monoisotopic (exact) mass is 233 g/mol. The van der Waals surface area contributed by atoms with Crippen LogP contribution in [0, 0.1) is 26.6 Å². The Balaban J connectivity index is 2.47. The number of benzene rings is 1. The molecule has 0 aliphatic carbocycles. The van der Waals surface area contributed by atoms with Gasteiger partial charge in [0.15, 0.2) is 0 Å². The first-order chi connectivity index (χ1) is 8.00. The van der Waals surface area contributed by atoms with Gasteiger partial charge in [0.2, 0.25) is 0 Å². The summed E-state index contributed by atoms with van der Waals surface area (Å²) in [6.07, 6.45) is 0. The lowest BCUT2D eigenvalue weighted by Gasteiger charge is -2.12. The van der Waals surface area contributed by atoms with Crippen molar-refractivity contribution in [3.8, 4) is 0 Å². The van der Waals surface area contributed by atoms with E-state index in [0.29, 0.717) is 0 Å². The van der Waals surface area contributed by atoms with Crippen molar-refractivity contribution in [1.29, 1.82) is 0 Å². The van der Waals surface area contributed by atoms with E-state index in [1.807, 2.05) is 26.8 Å². The topological polar surface area (TPSA) is 39.2 Å². The molecule has 1 aromatic heterocycles. The summed E-state index contributed by atoms with van der Waals surface area (Å²) < 4.78 is 18.7. The first kappa shape index (κ1) is 11.9. The summed E-state index contributed by atoms with van der Waals surface area (Å²) in [5.74, 6) is 1.40. The molecular weight excluding hydrogens is 217 g/mol. The molecule has 0 radical (unpaired) electrons. The molecular formula is C14H16FNO. The predicted molar refractivity (Wildman–Crippen MR) is 65.3 cm³/mol. The van der Waals surface area contributed by atoms with Gasteiger partial charge in [-0.1, -0.05) is 12.1 Å². The summed E-state index contributed by atoms with van der Waals surface area (Å²) in [5.41, 5.74) is 8.93. The van der Waals surface area contributed by atoms with E-state index < -0.39 is 0 Å². The summed E-state index contributed by atoms with van der Waals surface area (Å²) >= 11 is 0. The lowest BCUT2D eigenvalue weighted by atomic mass is 9.96. The van der Waals surface area contributed by atoms with Gasteiger partial charge in [-0.3, -0.25) is 0 Å². The Morgan fingerprint density at radius 1 is 1.18 bits per heavy atom. The second-order valence-electron chi connectivity index (χ2n) is 4.29. The van der Waals surface area contributed by atoms with E-state index in [2.05, 4.69) is 0 Å². The molecule has 0 aliphatic rings. The van der Waals surface area contributed by atoms with Gasteiger partial charge in [0.25, 0.3) is 0 Å². The van der Waals surface area contributed by atoms with E-state index in [9.17, 15) is 4.39 Å². The number of furan rings is 1. The van der Waals surface area contributed by atoms with Gasteiger partial charge >= 0.3 is 0 Å². The molecule has 1 unspecified atom stereocenters. The molecule has 0 aliphatic heterocycles. The van der Waals surface area contributed by atoms with Gasteiger partial charge in [0.05, 0.1) is 6.04 Å². The van der Waals surface area contributed by atoms with E-state index >= 15 is 0 Å². The van der Waals surface area contributed by atoms with E-state index in [4.69, 9.17) is 10.2 Å². The Kier molecular flexibility index (Phi) is 3.03. The van der Waals surface area contributed by atoms with E-state index in [0.717, 1.165) is 28.2 Å². The van der Waals surface area contributed by atoms with Crippen LogP contribution in [0.1, 0.15) is 34.3 Å². The second kappa shape index (κ2) is 4.34. The highest BCUT2D eigenvalue weighted by atomic mass is 19.1. The smallest absolute Gasteiger partial charge is 0.123 e. The fraction of sp³-hybridized carbons (Fsp3) is 0.286. The lowest BCUT2D eigenvalue weighted by Crippen LogP contribution is -2.13. The number of aryl methyl sites for hydroxylation is 2. The molecule has 17 heavy (non-hydrogen) atoms. The minimum Gasteiger partial charge on any atom is -0.466 e. The Morgan fingerprint density at radius 3 is 2.41 bits per heavy atom. The maximum atomic E-state index is 13.2. The molecule has 0 fully saturated rings. The third-order valence-corrected chi connectivity index (χ3v) is 3.14. The molecule has 0 saturated heterocycles. The Morgan fingerprint density at radius 2 is 1.88 bits per heavy atom. The molecule has 2 N–H and O–H groups in total. The fourth-order valence-corrected chi connectivity index (χ4v) is 2.13. The van der Waals surface area contributed by atoms with Gasteiger partial charge in [-0.05, 0) is 44.0 Å². The van der Waals surface area contributed by atoms with Gasteiger partial charge in [-0.25, -0.2) is 4.39 Å². The molecule has 3 heteroatoms. The Bertz CT molecular complexity index is 545. The number of hydrogen-bond donors (Lipinski definition) is 1. The number of hydrogen-bond acceptors (Lipinski definition) is 2. The van der Waals surface area contributed by atoms with Crippen LogP contribution in [0.3, 0.4) is 0 Å². The van der Waals surface area contributed by atoms with Crippen molar-refractivity contribution in [2.75, 3.05) is 0 Å². The molecule has 2 rings (SSSR count). The maximum Gasteiger partial charge on any atom is 0.123 e. The lowest BCUT2D eigenvalue weighted by molar-refractivity contribution is 0.498. The van der Waals surface area contributed by atoms with Gasteiger partial charge in [0, 0.05) is 5.56 Å². The van der Waals surface area contributed by atoms with Crippen molar-refractivity contribution < 1.29 is 8.81 Å². The highest BCUT2D eigenvalue weighted by molar-refractivity contribution is 5.40. The maximum absolute atomic E-state index is 13.2. The average Bonchev–Trinajstić information content (AvgIpc) is 2.52. The zero-order valence-electron chi connectivity index (χ0n) is 10.3. The van der Waals surface area contributed by atoms with Gasteiger partial charge in [-0.2, -0.15) is 0 Å². The number of nitrogens with two attached hydrogens (primary N) is 1. The molecule has 0 bridgehead atoms. The third-order valence-electron chi connectivity index (χ3n) is 3.14. The van der Waals surface area contributed by atoms with Crippen LogP contribution >= 0.6 is 0 Å². The highest BCUT2D eigenvalue weighted by Crippen LogP contribution is 2.29. The Hall–Kier alpha value is -1.61. The normalized spacial score (nSPS) is 12.8. The summed E-state index contributed by atoms with van der Waals surface area (Å²) in [4.78, 5) is 0. The summed E-state index contributed by atoms with van der Waals surface area (Å²) in [5, 5.41) is 0. The zero-order valence-corrected chi connectivity index (χ0v) is 10.3. The Labute approximate surface area is 100 Å². The van der Waals surface area contributed by atoms with Crippen LogP contribution in [0.4, 0.5) is 4.39 Å². The van der Waals surface area contributed by atoms with Crippen LogP contribution in [-0.2, 0) is 0 Å². The number of rotatable bonds is 2. The fourth-order valence-electron chi connectivity index (χ4n) is 2.13. The molecule has 0 amide bonds. The molecule has 2 nitrogen and oxygen atoms in total. The molecule has 90 valence electrons. The quantitative estimate of drug-likeness (QED) is 0.863. The van der Waals surface area contributed by atoms with E-state index in [1.54, 1.807) is 6.07 Å². The predicted octanol–water partition coefficient (Wildman–Crippen LogP) is 3.39. The van der Waals surface area contributed by atoms with Crippen molar-refractivity contribution in [2.24, 2.45) is 5.73 Å². The summed E-state index contributed by atoms with van der Waals surface area (Å²) in [6, 6.07) is 6.03. The average molecular weight is 233 g/mol. The van der Waals surface area contributed by atoms with Crippen LogP contribution in [0.2, 0.25) is 0 Å². The highest BCUT2D eigenvalue weighted by Gasteiger charge is 2.19.